The van der Waals surface area contributed by atoms with E-state index in [0.717, 1.165) is 19.0 Å². The van der Waals surface area contributed by atoms with E-state index in [-0.39, 0.29) is 36.1 Å². The topological polar surface area (TPSA) is 102 Å². The highest BCUT2D eigenvalue weighted by molar-refractivity contribution is 6.12. The molecule has 1 aliphatic rings. The van der Waals surface area contributed by atoms with Crippen LogP contribution in [0.5, 0.6) is 0 Å². The second-order valence-electron chi connectivity index (χ2n) is 7.28. The van der Waals surface area contributed by atoms with Crippen molar-refractivity contribution < 1.29 is 28.7 Å². The second kappa shape index (κ2) is 13.8. The molecule has 0 spiro atoms. The molecule has 1 N–H and O–H groups in total. The quantitative estimate of drug-likeness (QED) is 0.284. The number of carbonyl (C=O) groups is 4. The summed E-state index contributed by atoms with van der Waals surface area (Å²) in [6, 6.07) is 0. The highest BCUT2D eigenvalue weighted by Gasteiger charge is 2.23. The van der Waals surface area contributed by atoms with Gasteiger partial charge in [0.1, 0.15) is 12.6 Å². The first-order valence-electron chi connectivity index (χ1n) is 9.78. The van der Waals surface area contributed by atoms with Crippen LogP contribution in [0.2, 0.25) is 0 Å². The van der Waals surface area contributed by atoms with Gasteiger partial charge in [0.2, 0.25) is 0 Å². The molecule has 0 saturated carbocycles. The van der Waals surface area contributed by atoms with Gasteiger partial charge in [-0.15, -0.1) is 0 Å². The van der Waals surface area contributed by atoms with Gasteiger partial charge in [-0.1, -0.05) is 6.58 Å². The van der Waals surface area contributed by atoms with E-state index in [1.54, 1.807) is 14.2 Å². The van der Waals surface area contributed by atoms with Crippen LogP contribution in [0.1, 0.15) is 25.7 Å². The van der Waals surface area contributed by atoms with Crippen LogP contribution in [-0.4, -0.2) is 69.8 Å². The predicted molar refractivity (Wildman–Crippen MR) is 108 cm³/mol. The fraction of sp³-hybridized carbons (Fsp3) is 0.619. The predicted octanol–water partition coefficient (Wildman–Crippen LogP) is 1.11. The highest BCUT2D eigenvalue weighted by atomic mass is 16.5. The molecule has 3 atom stereocenters. The van der Waals surface area contributed by atoms with Gasteiger partial charge in [-0.2, -0.15) is 0 Å². The second-order valence-corrected chi connectivity index (χ2v) is 7.28. The minimum Gasteiger partial charge on any atom is -0.388 e. The highest BCUT2D eigenvalue weighted by Crippen LogP contribution is 2.20. The Morgan fingerprint density at radius 1 is 1.07 bits per heavy atom. The Hall–Kier alpha value is -2.32. The molecule has 162 valence electrons. The van der Waals surface area contributed by atoms with Crippen molar-refractivity contribution in [3.05, 3.63) is 24.4 Å². The van der Waals surface area contributed by atoms with Gasteiger partial charge in [-0.25, -0.2) is 0 Å². The number of nitrogens with one attached hydrogen (secondary N) is 1. The fourth-order valence-electron chi connectivity index (χ4n) is 3.24. The Balaban J connectivity index is 2.54. The molecule has 1 rings (SSSR count). The molecule has 0 bridgehead atoms. The summed E-state index contributed by atoms with van der Waals surface area (Å²) in [5, 5.41) is 3.24. The lowest BCUT2D eigenvalue weighted by molar-refractivity contribution is -0.136. The van der Waals surface area contributed by atoms with E-state index in [1.165, 1.54) is 17.1 Å². The van der Waals surface area contributed by atoms with Crippen LogP contribution in [-0.2, 0) is 28.7 Å². The third kappa shape index (κ3) is 9.15. The number of amides is 2. The van der Waals surface area contributed by atoms with Crippen molar-refractivity contribution in [1.29, 1.82) is 0 Å². The van der Waals surface area contributed by atoms with E-state index in [0.29, 0.717) is 44.7 Å². The monoisotopic (exact) mass is 408 g/mol. The molecule has 3 unspecified atom stereocenters. The summed E-state index contributed by atoms with van der Waals surface area (Å²) in [5.41, 5.74) is 0.709. The minimum absolute atomic E-state index is 0.133. The Kier molecular flexibility index (Phi) is 11.8. The normalized spacial score (nSPS) is 16.6. The lowest BCUT2D eigenvalue weighted by Gasteiger charge is -2.23. The van der Waals surface area contributed by atoms with E-state index in [2.05, 4.69) is 11.9 Å². The van der Waals surface area contributed by atoms with E-state index in [1.807, 2.05) is 0 Å². The van der Waals surface area contributed by atoms with E-state index >= 15 is 0 Å². The summed E-state index contributed by atoms with van der Waals surface area (Å²) in [5.74, 6) is -0.891. The molecule has 0 aromatic carbocycles. The van der Waals surface area contributed by atoms with Crippen LogP contribution in [0.3, 0.4) is 0 Å². The Morgan fingerprint density at radius 2 is 1.66 bits per heavy atom. The molecule has 8 heteroatoms. The maximum Gasteiger partial charge on any atom is 0.253 e. The molecule has 8 nitrogen and oxygen atoms in total. The Bertz CT molecular complexity index is 586. The molecule has 2 amide bonds. The van der Waals surface area contributed by atoms with Crippen molar-refractivity contribution in [2.75, 3.05) is 40.5 Å². The van der Waals surface area contributed by atoms with E-state index < -0.39 is 0 Å². The minimum atomic E-state index is -0.313. The first-order chi connectivity index (χ1) is 13.9. The maximum atomic E-state index is 11.6. The Morgan fingerprint density at radius 3 is 2.21 bits per heavy atom. The van der Waals surface area contributed by atoms with Crippen LogP contribution < -0.4 is 5.32 Å². The third-order valence-electron chi connectivity index (χ3n) is 4.91. The summed E-state index contributed by atoms with van der Waals surface area (Å²) in [4.78, 5) is 46.8. The van der Waals surface area contributed by atoms with Gasteiger partial charge in [-0.05, 0) is 25.2 Å². The summed E-state index contributed by atoms with van der Waals surface area (Å²) >= 11 is 0. The molecule has 0 saturated heterocycles. The fourth-order valence-corrected chi connectivity index (χ4v) is 3.24. The zero-order valence-corrected chi connectivity index (χ0v) is 17.3. The first kappa shape index (κ1) is 24.7. The maximum absolute atomic E-state index is 11.6. The molecule has 29 heavy (non-hydrogen) atoms. The van der Waals surface area contributed by atoms with Gasteiger partial charge in [0.05, 0.1) is 13.2 Å². The standard InChI is InChI=1S/C21H32N2O6/c1-16(8-9-23-20(26)6-7-21(23)27)22-11-17(10-19(13-25)15-29-3)4-5-18(12-24)14-28-2/h6-7,12-13,17-19,22H,1,4-5,8-11,14-15H2,2-3H3. The van der Waals surface area contributed by atoms with Crippen molar-refractivity contribution in [2.24, 2.45) is 17.8 Å². The molecule has 1 aliphatic heterocycles. The van der Waals surface area contributed by atoms with Crippen LogP contribution in [0.15, 0.2) is 24.4 Å². The number of rotatable bonds is 17. The zero-order valence-electron chi connectivity index (χ0n) is 17.3. The first-order valence-corrected chi connectivity index (χ1v) is 9.78. The van der Waals surface area contributed by atoms with Gasteiger partial charge in [0, 0.05) is 63.4 Å². The van der Waals surface area contributed by atoms with Crippen LogP contribution in [0, 0.1) is 17.8 Å². The number of imide groups is 1. The number of hydrogen-bond acceptors (Lipinski definition) is 7. The van der Waals surface area contributed by atoms with Crippen molar-refractivity contribution in [2.45, 2.75) is 25.7 Å². The SMILES string of the molecule is C=C(CCN1C(=O)C=CC1=O)NCC(CCC(C=O)COC)CC(C=O)COC. The molecular formula is C21H32N2O6. The molecule has 0 aliphatic carbocycles. The van der Waals surface area contributed by atoms with Crippen LogP contribution in [0.4, 0.5) is 0 Å². The molecule has 0 aromatic rings. The molecule has 1 heterocycles. The summed E-state index contributed by atoms with van der Waals surface area (Å²) < 4.78 is 10.2. The summed E-state index contributed by atoms with van der Waals surface area (Å²) in [6.45, 7) is 5.53. The number of nitrogens with zero attached hydrogens (tertiary/aromatic N) is 1. The molecular weight excluding hydrogens is 376 g/mol. The number of ether oxygens (including phenoxy) is 2. The van der Waals surface area contributed by atoms with Crippen LogP contribution in [0.25, 0.3) is 0 Å². The van der Waals surface area contributed by atoms with Crippen molar-refractivity contribution in [3.63, 3.8) is 0 Å². The largest absolute Gasteiger partial charge is 0.388 e. The number of carbonyl (C=O) groups excluding carboxylic acids is 4. The Labute approximate surface area is 172 Å². The van der Waals surface area contributed by atoms with Gasteiger partial charge in [0.15, 0.2) is 0 Å². The van der Waals surface area contributed by atoms with Gasteiger partial charge in [-0.3, -0.25) is 14.5 Å². The van der Waals surface area contributed by atoms with Crippen LogP contribution >= 0.6 is 0 Å². The number of methoxy groups -OCH3 is 2. The zero-order chi connectivity index (χ0) is 21.6. The average Bonchev–Trinajstić information content (AvgIpc) is 3.03. The average molecular weight is 408 g/mol. The lowest BCUT2D eigenvalue weighted by atomic mass is 9.89. The van der Waals surface area contributed by atoms with Gasteiger partial charge >= 0.3 is 0 Å². The smallest absolute Gasteiger partial charge is 0.253 e. The lowest BCUT2D eigenvalue weighted by Crippen LogP contribution is -2.33. The van der Waals surface area contributed by atoms with E-state index in [9.17, 15) is 19.2 Å². The van der Waals surface area contributed by atoms with Crippen molar-refractivity contribution >= 4 is 24.4 Å². The summed E-state index contributed by atoms with van der Waals surface area (Å²) in [7, 11) is 3.12. The van der Waals surface area contributed by atoms with Crippen molar-refractivity contribution in [1.82, 2.24) is 10.2 Å². The molecule has 0 fully saturated rings. The van der Waals surface area contributed by atoms with Crippen molar-refractivity contribution in [3.8, 4) is 0 Å². The van der Waals surface area contributed by atoms with Gasteiger partial charge in [0.25, 0.3) is 11.8 Å². The van der Waals surface area contributed by atoms with E-state index in [4.69, 9.17) is 9.47 Å². The number of hydrogen-bond donors (Lipinski definition) is 1. The third-order valence-corrected chi connectivity index (χ3v) is 4.91. The molecule has 0 aromatic heterocycles. The number of aldehydes is 2. The molecule has 0 radical (unpaired) electrons. The summed E-state index contributed by atoms with van der Waals surface area (Å²) in [6.07, 6.45) is 6.80. The van der Waals surface area contributed by atoms with Gasteiger partial charge < -0.3 is 24.4 Å².